The van der Waals surface area contributed by atoms with Gasteiger partial charge in [-0.3, -0.25) is 14.1 Å². The van der Waals surface area contributed by atoms with Gasteiger partial charge in [-0.15, -0.1) is 11.3 Å². The Kier molecular flexibility index (Phi) is 4.66. The fourth-order valence-corrected chi connectivity index (χ4v) is 3.29. The number of anilines is 1. The maximum Gasteiger partial charge on any atom is 0.269 e. The van der Waals surface area contributed by atoms with Crippen LogP contribution in [0.15, 0.2) is 48.5 Å². The summed E-state index contributed by atoms with van der Waals surface area (Å²) in [6.07, 6.45) is 4.32. The van der Waals surface area contributed by atoms with Crippen LogP contribution < -0.4 is 9.64 Å². The van der Waals surface area contributed by atoms with Crippen molar-refractivity contribution in [2.24, 2.45) is 0 Å². The van der Waals surface area contributed by atoms with Gasteiger partial charge in [0.25, 0.3) is 5.91 Å². The van der Waals surface area contributed by atoms with E-state index in [4.69, 9.17) is 4.74 Å². The Morgan fingerprint density at radius 1 is 1.46 bits per heavy atom. The molecule has 0 fully saturated rings. The molecule has 0 saturated heterocycles. The molecule has 0 aliphatic carbocycles. The van der Waals surface area contributed by atoms with E-state index in [2.05, 4.69) is 11.6 Å². The Labute approximate surface area is 144 Å². The monoisotopic (exact) mass is 341 g/mol. The summed E-state index contributed by atoms with van der Waals surface area (Å²) in [5.74, 6) is 1.41. The van der Waals surface area contributed by atoms with E-state index < -0.39 is 0 Å². The number of hydrogen-bond acceptors (Lipinski definition) is 4. The Bertz CT molecular complexity index is 868. The normalized spacial score (nSPS) is 10.8. The van der Waals surface area contributed by atoms with Crippen LogP contribution >= 0.6 is 11.3 Å². The van der Waals surface area contributed by atoms with Crippen LogP contribution in [0.4, 0.5) is 5.82 Å². The minimum absolute atomic E-state index is 0.0427. The smallest absolute Gasteiger partial charge is 0.269 e. The third-order valence-electron chi connectivity index (χ3n) is 3.70. The lowest BCUT2D eigenvalue weighted by Crippen LogP contribution is -2.27. The first-order valence-corrected chi connectivity index (χ1v) is 8.60. The average molecular weight is 341 g/mol. The molecule has 3 aromatic heterocycles. The van der Waals surface area contributed by atoms with Crippen molar-refractivity contribution in [1.29, 1.82) is 0 Å². The van der Waals surface area contributed by atoms with E-state index in [1.165, 1.54) is 11.3 Å². The minimum Gasteiger partial charge on any atom is -0.486 e. The van der Waals surface area contributed by atoms with Crippen LogP contribution in [0.5, 0.6) is 5.75 Å². The molecule has 0 saturated carbocycles. The molecule has 0 N–H and O–H groups in total. The number of thiophene rings is 1. The second-order valence-corrected chi connectivity index (χ2v) is 6.19. The van der Waals surface area contributed by atoms with Gasteiger partial charge in [0.05, 0.1) is 10.6 Å². The van der Waals surface area contributed by atoms with Gasteiger partial charge in [-0.2, -0.15) is 0 Å². The molecule has 0 atom stereocenters. The van der Waals surface area contributed by atoms with Crippen molar-refractivity contribution in [2.45, 2.75) is 13.3 Å². The van der Waals surface area contributed by atoms with E-state index in [-0.39, 0.29) is 5.91 Å². The van der Waals surface area contributed by atoms with E-state index in [1.807, 2.05) is 47.2 Å². The number of rotatable bonds is 6. The highest BCUT2D eigenvalue weighted by Crippen LogP contribution is 2.29. The molecule has 24 heavy (non-hydrogen) atoms. The van der Waals surface area contributed by atoms with E-state index >= 15 is 0 Å². The molecule has 3 heterocycles. The highest BCUT2D eigenvalue weighted by atomic mass is 32.1. The van der Waals surface area contributed by atoms with Gasteiger partial charge in [0.1, 0.15) is 12.4 Å². The molecule has 5 nitrogen and oxygen atoms in total. The molecular weight excluding hydrogens is 322 g/mol. The molecule has 0 aromatic carbocycles. The summed E-state index contributed by atoms with van der Waals surface area (Å²) in [6.45, 7) is 6.11. The van der Waals surface area contributed by atoms with Gasteiger partial charge in [-0.25, -0.2) is 4.98 Å². The Balaban J connectivity index is 2.09. The van der Waals surface area contributed by atoms with Crippen LogP contribution in [0.3, 0.4) is 0 Å². The van der Waals surface area contributed by atoms with Gasteiger partial charge in [-0.05, 0) is 30.0 Å². The molecule has 0 bridgehead atoms. The lowest BCUT2D eigenvalue weighted by atomic mass is 10.3. The first-order chi connectivity index (χ1) is 11.7. The summed E-state index contributed by atoms with van der Waals surface area (Å²) in [6, 6.07) is 7.47. The van der Waals surface area contributed by atoms with Crippen molar-refractivity contribution < 1.29 is 9.53 Å². The van der Waals surface area contributed by atoms with Crippen LogP contribution in [0.1, 0.15) is 22.3 Å². The van der Waals surface area contributed by atoms with E-state index in [0.29, 0.717) is 22.9 Å². The zero-order chi connectivity index (χ0) is 17.1. The maximum absolute atomic E-state index is 12.7. The van der Waals surface area contributed by atoms with Crippen LogP contribution in [0.2, 0.25) is 0 Å². The number of fused-ring (bicyclic) bond motifs is 1. The predicted octanol–water partition coefficient (Wildman–Crippen LogP) is 3.80. The molecule has 0 aliphatic heterocycles. The summed E-state index contributed by atoms with van der Waals surface area (Å²) in [5.41, 5.74) is 1.56. The highest BCUT2D eigenvalue weighted by molar-refractivity contribution is 7.12. The minimum atomic E-state index is -0.0427. The van der Waals surface area contributed by atoms with Crippen LogP contribution in [0.25, 0.3) is 5.65 Å². The number of aryl methyl sites for hydroxylation is 1. The molecule has 3 rings (SSSR count). The largest absolute Gasteiger partial charge is 0.486 e. The van der Waals surface area contributed by atoms with Gasteiger partial charge in [0.15, 0.2) is 11.4 Å². The number of ether oxygens (including phenoxy) is 1. The van der Waals surface area contributed by atoms with E-state index in [0.717, 1.165) is 17.9 Å². The van der Waals surface area contributed by atoms with Crippen molar-refractivity contribution in [3.63, 3.8) is 0 Å². The predicted molar refractivity (Wildman–Crippen MR) is 97.3 cm³/mol. The number of pyridine rings is 1. The quantitative estimate of drug-likeness (QED) is 0.641. The number of imidazole rings is 1. The number of nitrogens with zero attached hydrogens (tertiary/aromatic N) is 3. The fraction of sp³-hybridized carbons (Fsp3) is 0.222. The number of amides is 1. The van der Waals surface area contributed by atoms with E-state index in [9.17, 15) is 4.79 Å². The van der Waals surface area contributed by atoms with Gasteiger partial charge in [0.2, 0.25) is 0 Å². The average Bonchev–Trinajstić information content (AvgIpc) is 3.25. The van der Waals surface area contributed by atoms with Crippen molar-refractivity contribution in [3.05, 3.63) is 59.1 Å². The molecule has 3 aromatic rings. The zero-order valence-corrected chi connectivity index (χ0v) is 14.5. The van der Waals surface area contributed by atoms with Gasteiger partial charge in [-0.1, -0.05) is 25.6 Å². The molecular formula is C18H19N3O2S. The summed E-state index contributed by atoms with van der Waals surface area (Å²) < 4.78 is 7.60. The van der Waals surface area contributed by atoms with Gasteiger partial charge >= 0.3 is 0 Å². The Morgan fingerprint density at radius 2 is 2.29 bits per heavy atom. The topological polar surface area (TPSA) is 46.8 Å². The molecule has 124 valence electrons. The van der Waals surface area contributed by atoms with Crippen molar-refractivity contribution in [2.75, 3.05) is 18.6 Å². The summed E-state index contributed by atoms with van der Waals surface area (Å²) in [5, 5.41) is 1.90. The fourth-order valence-electron chi connectivity index (χ4n) is 2.59. The molecule has 0 radical (unpaired) electrons. The van der Waals surface area contributed by atoms with Crippen molar-refractivity contribution >= 4 is 28.7 Å². The SMILES string of the molecule is C=CCOc1cccn2c(N(C)C(=O)c3cccs3)c(CC)nc12. The lowest BCUT2D eigenvalue weighted by molar-refractivity contribution is 0.0996. The first-order valence-electron chi connectivity index (χ1n) is 7.72. The molecule has 1 amide bonds. The lowest BCUT2D eigenvalue weighted by Gasteiger charge is -2.17. The standard InChI is InChI=1S/C18H19N3O2S/c1-4-11-23-14-8-6-10-21-16(14)19-13(5-2)17(21)20(3)18(22)15-9-7-12-24-15/h4,6-10,12H,1,5,11H2,2-3H3. The van der Waals surface area contributed by atoms with Crippen LogP contribution in [-0.4, -0.2) is 28.9 Å². The molecule has 0 unspecified atom stereocenters. The second kappa shape index (κ2) is 6.88. The summed E-state index contributed by atoms with van der Waals surface area (Å²) in [7, 11) is 1.78. The maximum atomic E-state index is 12.7. The van der Waals surface area contributed by atoms with Gasteiger partial charge < -0.3 is 4.74 Å². The Morgan fingerprint density at radius 3 is 2.96 bits per heavy atom. The van der Waals surface area contributed by atoms with Crippen molar-refractivity contribution in [1.82, 2.24) is 9.38 Å². The zero-order valence-electron chi connectivity index (χ0n) is 13.7. The number of aromatic nitrogens is 2. The van der Waals surface area contributed by atoms with E-state index in [1.54, 1.807) is 18.0 Å². The number of carbonyl (C=O) groups excluding carboxylic acids is 1. The third-order valence-corrected chi connectivity index (χ3v) is 4.56. The molecule has 6 heteroatoms. The number of hydrogen-bond donors (Lipinski definition) is 0. The summed E-state index contributed by atoms with van der Waals surface area (Å²) >= 11 is 1.43. The highest BCUT2D eigenvalue weighted by Gasteiger charge is 2.22. The van der Waals surface area contributed by atoms with Crippen molar-refractivity contribution in [3.8, 4) is 5.75 Å². The second-order valence-electron chi connectivity index (χ2n) is 5.24. The van der Waals surface area contributed by atoms with Crippen LogP contribution in [0, 0.1) is 0 Å². The molecule has 0 spiro atoms. The van der Waals surface area contributed by atoms with Gasteiger partial charge in [0, 0.05) is 13.2 Å². The third kappa shape index (κ3) is 2.80. The Hall–Kier alpha value is -2.60. The number of carbonyl (C=O) groups is 1. The molecule has 0 aliphatic rings. The van der Waals surface area contributed by atoms with Crippen LogP contribution in [-0.2, 0) is 6.42 Å². The first kappa shape index (κ1) is 16.3. The summed E-state index contributed by atoms with van der Waals surface area (Å²) in [4.78, 5) is 19.8.